The van der Waals surface area contributed by atoms with Gasteiger partial charge in [-0.2, -0.15) is 0 Å². The van der Waals surface area contributed by atoms with E-state index < -0.39 is 28.8 Å². The van der Waals surface area contributed by atoms with E-state index in [2.05, 4.69) is 18.0 Å². The summed E-state index contributed by atoms with van der Waals surface area (Å²) in [5.74, 6) is -1.06. The topological polar surface area (TPSA) is 201 Å². The number of likely N-dealkylation sites (N-methyl/N-ethyl adjacent to an activating group) is 1. The lowest BCUT2D eigenvalue weighted by molar-refractivity contribution is -0.384. The van der Waals surface area contributed by atoms with Crippen LogP contribution in [0.25, 0.3) is 0 Å². The predicted octanol–water partition coefficient (Wildman–Crippen LogP) is 7.04. The van der Waals surface area contributed by atoms with Crippen molar-refractivity contribution in [3.63, 3.8) is 0 Å². The number of amides is 2. The van der Waals surface area contributed by atoms with E-state index in [4.69, 9.17) is 33.7 Å². The summed E-state index contributed by atoms with van der Waals surface area (Å²) in [5, 5.41) is 38.6. The van der Waals surface area contributed by atoms with Crippen molar-refractivity contribution in [2.24, 2.45) is 22.9 Å². The molecule has 16 nitrogen and oxygen atoms in total. The van der Waals surface area contributed by atoms with Gasteiger partial charge in [0, 0.05) is 62.4 Å². The largest absolute Gasteiger partial charge is 0.459 e. The molecule has 2 aliphatic carbocycles. The van der Waals surface area contributed by atoms with Gasteiger partial charge in [-0.15, -0.1) is 6.58 Å². The van der Waals surface area contributed by atoms with Gasteiger partial charge in [0.05, 0.1) is 23.2 Å². The van der Waals surface area contributed by atoms with Gasteiger partial charge in [0.25, 0.3) is 11.6 Å². The zero-order valence-electron chi connectivity index (χ0n) is 35.0. The van der Waals surface area contributed by atoms with Crippen LogP contribution in [0.4, 0.5) is 10.5 Å². The molecular formula is C46H54N4O12. The maximum Gasteiger partial charge on any atom is 0.412 e. The number of hydrogen-bond acceptors (Lipinski definition) is 13. The van der Waals surface area contributed by atoms with Crippen molar-refractivity contribution >= 4 is 23.4 Å². The molecule has 2 amide bonds. The van der Waals surface area contributed by atoms with Crippen molar-refractivity contribution < 1.29 is 53.2 Å². The number of nitrogens with one attached hydrogen (secondary N) is 1. The first-order valence-corrected chi connectivity index (χ1v) is 21.2. The Balaban J connectivity index is 1.40. The van der Waals surface area contributed by atoms with E-state index in [1.54, 1.807) is 67.4 Å². The summed E-state index contributed by atoms with van der Waals surface area (Å²) >= 11 is 0. The predicted molar refractivity (Wildman–Crippen MR) is 227 cm³/mol. The monoisotopic (exact) mass is 854 g/mol. The zero-order valence-corrected chi connectivity index (χ0v) is 35.0. The zero-order chi connectivity index (χ0) is 43.8. The van der Waals surface area contributed by atoms with Crippen LogP contribution in [-0.4, -0.2) is 89.8 Å². The molecule has 6 atom stereocenters. The second-order valence-corrected chi connectivity index (χ2v) is 15.9. The molecule has 3 aromatic carbocycles. The molecule has 0 unspecified atom stereocenters. The Morgan fingerprint density at radius 1 is 1.02 bits per heavy atom. The summed E-state index contributed by atoms with van der Waals surface area (Å²) in [5.41, 5.74) is 3.16. The molecule has 16 heteroatoms. The van der Waals surface area contributed by atoms with Crippen LogP contribution >= 0.6 is 0 Å². The first kappa shape index (κ1) is 44.1. The van der Waals surface area contributed by atoms with Crippen molar-refractivity contribution in [2.45, 2.75) is 76.2 Å². The van der Waals surface area contributed by atoms with E-state index in [-0.39, 0.29) is 69.0 Å². The molecule has 0 radical (unpaired) electrons. The maximum atomic E-state index is 14.7. The van der Waals surface area contributed by atoms with E-state index in [0.717, 1.165) is 30.4 Å². The number of aliphatic hydroxyl groups is 2. The lowest BCUT2D eigenvalue weighted by Gasteiger charge is -2.59. The van der Waals surface area contributed by atoms with Gasteiger partial charge < -0.3 is 49.0 Å². The molecular weight excluding hydrogens is 801 g/mol. The van der Waals surface area contributed by atoms with Gasteiger partial charge in [0.15, 0.2) is 11.5 Å². The molecule has 4 aliphatic rings. The molecule has 2 aliphatic heterocycles. The fourth-order valence-corrected chi connectivity index (χ4v) is 9.35. The number of oxime groups is 1. The summed E-state index contributed by atoms with van der Waals surface area (Å²) in [6.45, 7) is 6.38. The van der Waals surface area contributed by atoms with Crippen LogP contribution in [0.2, 0.25) is 0 Å². The van der Waals surface area contributed by atoms with Crippen LogP contribution < -0.4 is 24.3 Å². The highest BCUT2D eigenvalue weighted by Gasteiger charge is 2.65. The Bertz CT molecular complexity index is 2180. The van der Waals surface area contributed by atoms with E-state index >= 15 is 0 Å². The number of carbonyl (C=O) groups is 2. The number of nitro benzene ring substituents is 1. The average Bonchev–Trinajstić information content (AvgIpc) is 3.75. The van der Waals surface area contributed by atoms with Crippen LogP contribution in [0, 0.1) is 27.9 Å². The Morgan fingerprint density at radius 3 is 2.48 bits per heavy atom. The first-order chi connectivity index (χ1) is 30.1. The van der Waals surface area contributed by atoms with Crippen LogP contribution in [0.15, 0.2) is 90.1 Å². The molecule has 3 N–H and O–H groups in total. The Labute approximate surface area is 360 Å². The number of aliphatic hydroxyl groups excluding tert-OH is 2. The number of unbranched alkanes of at least 4 members (excludes halogenated alkanes) is 2. The van der Waals surface area contributed by atoms with E-state index in [9.17, 15) is 29.9 Å². The van der Waals surface area contributed by atoms with E-state index in [1.165, 1.54) is 12.1 Å². The number of carbonyl (C=O) groups excluding carboxylic acids is 2. The third-order valence-corrected chi connectivity index (χ3v) is 12.1. The second kappa shape index (κ2) is 19.8. The summed E-state index contributed by atoms with van der Waals surface area (Å²) in [6, 6.07) is 15.6. The summed E-state index contributed by atoms with van der Waals surface area (Å²) in [6.07, 6.45) is 7.55. The van der Waals surface area contributed by atoms with Gasteiger partial charge in [0.2, 0.25) is 12.6 Å². The lowest BCUT2D eigenvalue weighted by Crippen LogP contribution is -2.69. The maximum absolute atomic E-state index is 14.7. The van der Waals surface area contributed by atoms with Gasteiger partial charge >= 0.3 is 6.09 Å². The lowest BCUT2D eigenvalue weighted by atomic mass is 9.55. The van der Waals surface area contributed by atoms with Gasteiger partial charge in [-0.05, 0) is 104 Å². The quantitative estimate of drug-likeness (QED) is 0.0482. The molecule has 3 aromatic rings. The SMILES string of the molecule is C=CCO[C@@]12Oc3ccc(OC(=O)NCC)cc3[C@H]3[C@H](CCCCO)[C@@H](CCCCO)C=C(C(=NOCc4ccc([N+](=O)[O-])cc4)C[C@@H]1N(C)C(=O)c1ccc4c(c1)OCO4)[C@H]32. The highest BCUT2D eigenvalue weighted by molar-refractivity contribution is 6.03. The molecule has 330 valence electrons. The number of rotatable bonds is 19. The number of allylic oxidation sites excluding steroid dienone is 1. The minimum absolute atomic E-state index is 0.0151. The second-order valence-electron chi connectivity index (χ2n) is 15.9. The van der Waals surface area contributed by atoms with E-state index in [0.29, 0.717) is 65.6 Å². The van der Waals surface area contributed by atoms with Crippen LogP contribution in [0.1, 0.15) is 79.3 Å². The molecule has 7 rings (SSSR count). The number of nitrogens with zero attached hydrogens (tertiary/aromatic N) is 3. The number of hydrogen-bond donors (Lipinski definition) is 3. The van der Waals surface area contributed by atoms with Crippen molar-refractivity contribution in [2.75, 3.05) is 40.2 Å². The molecule has 2 heterocycles. The van der Waals surface area contributed by atoms with Crippen LogP contribution in [0.5, 0.6) is 23.0 Å². The highest BCUT2D eigenvalue weighted by atomic mass is 16.7. The first-order valence-electron chi connectivity index (χ1n) is 21.2. The number of ether oxygens (including phenoxy) is 5. The highest BCUT2D eigenvalue weighted by Crippen LogP contribution is 2.62. The van der Waals surface area contributed by atoms with Gasteiger partial charge in [-0.3, -0.25) is 14.9 Å². The van der Waals surface area contributed by atoms with Gasteiger partial charge in [-0.25, -0.2) is 4.79 Å². The fraction of sp³-hybridized carbons (Fsp3) is 0.457. The minimum Gasteiger partial charge on any atom is -0.459 e. The van der Waals surface area contributed by atoms with Crippen molar-refractivity contribution in [1.82, 2.24) is 10.2 Å². The molecule has 62 heavy (non-hydrogen) atoms. The Kier molecular flexibility index (Phi) is 14.1. The minimum atomic E-state index is -1.51. The fourth-order valence-electron chi connectivity index (χ4n) is 9.35. The molecule has 1 saturated carbocycles. The Hall–Kier alpha value is -5.97. The van der Waals surface area contributed by atoms with Gasteiger partial charge in [-0.1, -0.05) is 30.1 Å². The number of nitro groups is 1. The average molecular weight is 855 g/mol. The molecule has 0 aromatic heterocycles. The standard InChI is InChI=1S/C46H54N4O12/c1-4-22-59-46-41(49(3)44(53)31-14-18-39-40(24-31)58-28-57-39)26-37(48-60-27-29-12-15-32(16-13-29)50(55)56)35-23-30(10-6-8-20-51)34(11-7-9-21-52)42(43(35)46)36-25-33(17-19-38(36)62-46)61-45(54)47-5-2/h4,12-19,23-25,30,34,41-43,51-52H,1,5-11,20-22,26-28H2,2-3H3,(H,47,54)/t30-,34+,41-,42+,43+,46+/m0/s1. The normalized spacial score (nSPS) is 23.6. The number of fused-ring (bicyclic) bond motifs is 3. The van der Waals surface area contributed by atoms with Crippen molar-refractivity contribution in [1.29, 1.82) is 0 Å². The van der Waals surface area contributed by atoms with Gasteiger partial charge in [0.1, 0.15) is 24.1 Å². The third kappa shape index (κ3) is 9.13. The van der Waals surface area contributed by atoms with Crippen LogP contribution in [0.3, 0.4) is 0 Å². The number of benzene rings is 3. The van der Waals surface area contributed by atoms with Crippen molar-refractivity contribution in [3.8, 4) is 23.0 Å². The summed E-state index contributed by atoms with van der Waals surface area (Å²) < 4.78 is 31.1. The molecule has 0 saturated heterocycles. The van der Waals surface area contributed by atoms with Crippen molar-refractivity contribution in [3.05, 3.63) is 112 Å². The van der Waals surface area contributed by atoms with Crippen LogP contribution in [-0.2, 0) is 16.2 Å². The summed E-state index contributed by atoms with van der Waals surface area (Å²) in [7, 11) is 1.71. The molecule has 1 fully saturated rings. The third-order valence-electron chi connectivity index (χ3n) is 12.1. The number of non-ortho nitro benzene ring substituents is 1. The summed E-state index contributed by atoms with van der Waals surface area (Å²) in [4.78, 5) is 46.0. The molecule has 0 bridgehead atoms. The molecule has 0 spiro atoms. The smallest absolute Gasteiger partial charge is 0.412 e. The van der Waals surface area contributed by atoms with E-state index in [1.807, 2.05) is 6.07 Å². The Morgan fingerprint density at radius 2 is 1.76 bits per heavy atom.